The fourth-order valence-corrected chi connectivity index (χ4v) is 2.68. The Labute approximate surface area is 125 Å². The maximum Gasteiger partial charge on any atom is 0.238 e. The highest BCUT2D eigenvalue weighted by molar-refractivity contribution is 5.97. The number of benzene rings is 1. The number of ketones is 1. The van der Waals surface area contributed by atoms with Crippen LogP contribution in [0.1, 0.15) is 37.0 Å². The molecule has 0 bridgehead atoms. The zero-order chi connectivity index (χ0) is 15.5. The van der Waals surface area contributed by atoms with Gasteiger partial charge in [-0.1, -0.05) is 12.1 Å². The summed E-state index contributed by atoms with van der Waals surface area (Å²) >= 11 is 0. The number of nitrogens with one attached hydrogen (secondary N) is 1. The third-order valence-electron chi connectivity index (χ3n) is 3.67. The van der Waals surface area contributed by atoms with Gasteiger partial charge in [0.1, 0.15) is 0 Å². The number of hydrogen-bond donors (Lipinski definition) is 2. The van der Waals surface area contributed by atoms with Gasteiger partial charge in [0.25, 0.3) is 0 Å². The van der Waals surface area contributed by atoms with Gasteiger partial charge in [-0.25, -0.2) is 0 Å². The molecule has 0 aliphatic carbocycles. The van der Waals surface area contributed by atoms with Gasteiger partial charge < -0.3 is 10.4 Å². The van der Waals surface area contributed by atoms with E-state index in [1.54, 1.807) is 31.2 Å². The molecule has 114 valence electrons. The average molecular weight is 290 g/mol. The van der Waals surface area contributed by atoms with E-state index in [1.165, 1.54) is 6.92 Å². The van der Waals surface area contributed by atoms with Crippen molar-refractivity contribution in [1.82, 2.24) is 4.90 Å². The van der Waals surface area contributed by atoms with Crippen LogP contribution in [0.4, 0.5) is 5.69 Å². The van der Waals surface area contributed by atoms with Gasteiger partial charge in [-0.05, 0) is 45.4 Å². The molecule has 0 spiro atoms. The van der Waals surface area contributed by atoms with E-state index in [2.05, 4.69) is 5.32 Å². The molecule has 0 radical (unpaired) electrons. The topological polar surface area (TPSA) is 69.6 Å². The largest absolute Gasteiger partial charge is 0.389 e. The van der Waals surface area contributed by atoms with Crippen molar-refractivity contribution in [3.8, 4) is 0 Å². The lowest BCUT2D eigenvalue weighted by atomic mass is 9.95. The number of anilines is 1. The number of carbonyl (C=O) groups is 2. The SMILES string of the molecule is CC(=O)c1cccc(NC(=O)CN2CCCC(C)(O)C2)c1. The van der Waals surface area contributed by atoms with E-state index in [-0.39, 0.29) is 18.2 Å². The summed E-state index contributed by atoms with van der Waals surface area (Å²) in [6.45, 7) is 4.87. The quantitative estimate of drug-likeness (QED) is 0.828. The van der Waals surface area contributed by atoms with Crippen LogP contribution >= 0.6 is 0 Å². The molecular weight excluding hydrogens is 268 g/mol. The Morgan fingerprint density at radius 3 is 2.86 bits per heavy atom. The molecule has 1 saturated heterocycles. The normalized spacial score (nSPS) is 22.8. The van der Waals surface area contributed by atoms with Crippen LogP contribution in [-0.2, 0) is 4.79 Å². The number of Topliss-reactive ketones (excluding diaryl/α,β-unsaturated/α-hetero) is 1. The molecule has 2 N–H and O–H groups in total. The van der Waals surface area contributed by atoms with E-state index in [0.717, 1.165) is 19.4 Å². The van der Waals surface area contributed by atoms with Gasteiger partial charge in [0.05, 0.1) is 12.1 Å². The van der Waals surface area contributed by atoms with E-state index in [0.29, 0.717) is 17.8 Å². The highest BCUT2D eigenvalue weighted by Gasteiger charge is 2.29. The molecule has 0 saturated carbocycles. The second kappa shape index (κ2) is 6.37. The van der Waals surface area contributed by atoms with Gasteiger partial charge in [0.15, 0.2) is 5.78 Å². The minimum Gasteiger partial charge on any atom is -0.389 e. The Bertz CT molecular complexity index is 540. The first-order valence-electron chi connectivity index (χ1n) is 7.21. The van der Waals surface area contributed by atoms with Crippen molar-refractivity contribution in [3.05, 3.63) is 29.8 Å². The Morgan fingerprint density at radius 2 is 2.19 bits per heavy atom. The van der Waals surface area contributed by atoms with Gasteiger partial charge in [-0.3, -0.25) is 14.5 Å². The summed E-state index contributed by atoms with van der Waals surface area (Å²) in [5.74, 6) is -0.161. The van der Waals surface area contributed by atoms with E-state index < -0.39 is 5.60 Å². The summed E-state index contributed by atoms with van der Waals surface area (Å²) in [5, 5.41) is 12.8. The summed E-state index contributed by atoms with van der Waals surface area (Å²) in [6.07, 6.45) is 1.66. The van der Waals surface area contributed by atoms with Crippen molar-refractivity contribution in [2.45, 2.75) is 32.3 Å². The Kier molecular flexibility index (Phi) is 4.75. The van der Waals surface area contributed by atoms with Crippen LogP contribution in [0.5, 0.6) is 0 Å². The van der Waals surface area contributed by atoms with Crippen molar-refractivity contribution in [3.63, 3.8) is 0 Å². The zero-order valence-electron chi connectivity index (χ0n) is 12.6. The summed E-state index contributed by atoms with van der Waals surface area (Å²) in [5.41, 5.74) is 0.484. The molecule has 1 heterocycles. The highest BCUT2D eigenvalue weighted by atomic mass is 16.3. The molecule has 1 fully saturated rings. The number of carbonyl (C=O) groups excluding carboxylic acids is 2. The predicted octanol–water partition coefficient (Wildman–Crippen LogP) is 1.67. The van der Waals surface area contributed by atoms with Crippen molar-refractivity contribution in [2.24, 2.45) is 0 Å². The Morgan fingerprint density at radius 1 is 1.43 bits per heavy atom. The summed E-state index contributed by atoms with van der Waals surface area (Å²) in [7, 11) is 0. The van der Waals surface area contributed by atoms with Crippen LogP contribution < -0.4 is 5.32 Å². The number of nitrogens with zero attached hydrogens (tertiary/aromatic N) is 1. The molecule has 1 aromatic carbocycles. The zero-order valence-corrected chi connectivity index (χ0v) is 12.6. The third-order valence-corrected chi connectivity index (χ3v) is 3.67. The maximum absolute atomic E-state index is 12.1. The third kappa shape index (κ3) is 4.65. The smallest absolute Gasteiger partial charge is 0.238 e. The fourth-order valence-electron chi connectivity index (χ4n) is 2.68. The number of hydrogen-bond acceptors (Lipinski definition) is 4. The molecule has 1 aromatic rings. The van der Waals surface area contributed by atoms with Crippen LogP contribution in [0.3, 0.4) is 0 Å². The molecule has 21 heavy (non-hydrogen) atoms. The monoisotopic (exact) mass is 290 g/mol. The lowest BCUT2D eigenvalue weighted by molar-refractivity contribution is -0.118. The predicted molar refractivity (Wildman–Crippen MR) is 81.4 cm³/mol. The van der Waals surface area contributed by atoms with Crippen LogP contribution in [0, 0.1) is 0 Å². The number of piperidine rings is 1. The second-order valence-electron chi connectivity index (χ2n) is 6.00. The molecular formula is C16H22N2O3. The van der Waals surface area contributed by atoms with Gasteiger partial charge in [-0.2, -0.15) is 0 Å². The Balaban J connectivity index is 1.92. The van der Waals surface area contributed by atoms with Crippen molar-refractivity contribution in [1.29, 1.82) is 0 Å². The molecule has 2 rings (SSSR count). The number of β-amino-alcohol motifs (C(OH)–C–C–N with tert-alkyl or cyclic N) is 1. The molecule has 1 aliphatic heterocycles. The standard InChI is InChI=1S/C16H22N2O3/c1-12(19)13-5-3-6-14(9-13)17-15(20)10-18-8-4-7-16(2,21)11-18/h3,5-6,9,21H,4,7-8,10-11H2,1-2H3,(H,17,20). The first kappa shape index (κ1) is 15.7. The van der Waals surface area contributed by atoms with Gasteiger partial charge in [0.2, 0.25) is 5.91 Å². The average Bonchev–Trinajstić information content (AvgIpc) is 2.37. The van der Waals surface area contributed by atoms with Gasteiger partial charge in [0, 0.05) is 17.8 Å². The van der Waals surface area contributed by atoms with Crippen molar-refractivity contribution >= 4 is 17.4 Å². The molecule has 0 aromatic heterocycles. The summed E-state index contributed by atoms with van der Waals surface area (Å²) in [4.78, 5) is 25.3. The van der Waals surface area contributed by atoms with Crippen LogP contribution in [0.15, 0.2) is 24.3 Å². The first-order chi connectivity index (χ1) is 9.85. The van der Waals surface area contributed by atoms with Crippen LogP contribution in [-0.4, -0.2) is 46.9 Å². The molecule has 1 unspecified atom stereocenters. The molecule has 5 nitrogen and oxygen atoms in total. The van der Waals surface area contributed by atoms with Gasteiger partial charge in [-0.15, -0.1) is 0 Å². The minimum atomic E-state index is -0.715. The van der Waals surface area contributed by atoms with Crippen LogP contribution in [0.2, 0.25) is 0 Å². The first-order valence-corrected chi connectivity index (χ1v) is 7.21. The minimum absolute atomic E-state index is 0.0295. The van der Waals surface area contributed by atoms with Gasteiger partial charge >= 0.3 is 0 Å². The molecule has 1 atom stereocenters. The van der Waals surface area contributed by atoms with E-state index in [1.807, 2.05) is 4.90 Å². The van der Waals surface area contributed by atoms with Crippen LogP contribution in [0.25, 0.3) is 0 Å². The number of rotatable bonds is 4. The number of aliphatic hydroxyl groups is 1. The van der Waals surface area contributed by atoms with Crippen molar-refractivity contribution < 1.29 is 14.7 Å². The lowest BCUT2D eigenvalue weighted by Gasteiger charge is -2.36. The van der Waals surface area contributed by atoms with E-state index >= 15 is 0 Å². The number of likely N-dealkylation sites (tertiary alicyclic amines) is 1. The molecule has 1 aliphatic rings. The van der Waals surface area contributed by atoms with E-state index in [9.17, 15) is 14.7 Å². The molecule has 5 heteroatoms. The summed E-state index contributed by atoms with van der Waals surface area (Å²) in [6, 6.07) is 6.90. The highest BCUT2D eigenvalue weighted by Crippen LogP contribution is 2.20. The fraction of sp³-hybridized carbons (Fsp3) is 0.500. The van der Waals surface area contributed by atoms with E-state index in [4.69, 9.17) is 0 Å². The lowest BCUT2D eigenvalue weighted by Crippen LogP contribution is -2.48. The Hall–Kier alpha value is -1.72. The van der Waals surface area contributed by atoms with Crippen molar-refractivity contribution in [2.75, 3.05) is 25.0 Å². The summed E-state index contributed by atoms with van der Waals surface area (Å²) < 4.78 is 0. The molecule has 1 amide bonds. The second-order valence-corrected chi connectivity index (χ2v) is 6.00. The number of amides is 1. The maximum atomic E-state index is 12.1.